The van der Waals surface area contributed by atoms with E-state index in [1.807, 2.05) is 14.7 Å². The van der Waals surface area contributed by atoms with Gasteiger partial charge in [0.1, 0.15) is 0 Å². The first-order valence-corrected chi connectivity index (χ1v) is 30.3. The first-order valence-electron chi connectivity index (χ1n) is 30.3. The van der Waals surface area contributed by atoms with Gasteiger partial charge in [0, 0.05) is 103 Å². The molecule has 0 unspecified atom stereocenters. The molecule has 1 heterocycles. The minimum atomic E-state index is 0.141. The molecular formula is C51H98N22O18. The lowest BCUT2D eigenvalue weighted by atomic mass is 10.4. The molecule has 1 aromatic heterocycles. The maximum Gasteiger partial charge on any atom is 0.232 e. The van der Waals surface area contributed by atoms with Crippen molar-refractivity contribution >= 4 is 17.8 Å². The Morgan fingerprint density at radius 2 is 0.374 bits per heavy atom. The molecule has 0 aliphatic heterocycles. The molecule has 40 heteroatoms. The summed E-state index contributed by atoms with van der Waals surface area (Å²) in [6.07, 6.45) is 0. The second-order valence-corrected chi connectivity index (χ2v) is 17.8. The van der Waals surface area contributed by atoms with Gasteiger partial charge >= 0.3 is 0 Å². The van der Waals surface area contributed by atoms with Crippen molar-refractivity contribution in [1.82, 2.24) is 15.0 Å². The molecule has 0 radical (unpaired) electrons. The molecule has 2 N–H and O–H groups in total. The van der Waals surface area contributed by atoms with Crippen molar-refractivity contribution in [2.75, 3.05) is 331 Å². The van der Waals surface area contributed by atoms with E-state index in [1.54, 1.807) is 0 Å². The number of azide groups is 5. The van der Waals surface area contributed by atoms with Gasteiger partial charge in [-0.25, -0.2) is 0 Å². The largest absolute Gasteiger partial charge is 0.379 e. The fourth-order valence-corrected chi connectivity index (χ4v) is 6.84. The van der Waals surface area contributed by atoms with Crippen LogP contribution in [0.15, 0.2) is 25.6 Å². The molecule has 1 aromatic rings. The number of aromatic nitrogens is 3. The maximum atomic E-state index is 8.84. The third kappa shape index (κ3) is 56.7. The van der Waals surface area contributed by atoms with Gasteiger partial charge in [-0.3, -0.25) is 0 Å². The zero-order valence-electron chi connectivity index (χ0n) is 52.8. The molecule has 0 atom stereocenters. The molecule has 0 fully saturated rings. The van der Waals surface area contributed by atoms with Crippen LogP contribution in [0.3, 0.4) is 0 Å². The number of rotatable bonds is 74. The molecule has 1 rings (SSSR count). The lowest BCUT2D eigenvalue weighted by Gasteiger charge is -2.29. The molecule has 0 aliphatic carbocycles. The number of hydrogen-bond donors (Lipinski definition) is 1. The minimum Gasteiger partial charge on any atom is -0.379 e. The van der Waals surface area contributed by atoms with Gasteiger partial charge in [-0.1, -0.05) is 25.6 Å². The highest BCUT2D eigenvalue weighted by Crippen LogP contribution is 2.20. The minimum absolute atomic E-state index is 0.141. The lowest BCUT2D eigenvalue weighted by Crippen LogP contribution is -2.38. The van der Waals surface area contributed by atoms with Crippen molar-refractivity contribution in [3.63, 3.8) is 0 Å². The summed E-state index contributed by atoms with van der Waals surface area (Å²) in [6, 6.07) is 0. The van der Waals surface area contributed by atoms with E-state index >= 15 is 0 Å². The highest BCUT2D eigenvalue weighted by Gasteiger charge is 2.22. The predicted octanol–water partition coefficient (Wildman–Crippen LogP) is 3.10. The summed E-state index contributed by atoms with van der Waals surface area (Å²) in [5, 5.41) is 17.5. The molecule has 0 saturated heterocycles. The van der Waals surface area contributed by atoms with Crippen LogP contribution in [0, 0.1) is 0 Å². The quantitative estimate of drug-likeness (QED) is 0.0423. The first kappa shape index (κ1) is 83.2. The topological polar surface area (TPSA) is 484 Å². The molecule has 0 aromatic carbocycles. The van der Waals surface area contributed by atoms with Gasteiger partial charge in [0.2, 0.25) is 17.8 Å². The smallest absolute Gasteiger partial charge is 0.232 e. The van der Waals surface area contributed by atoms with Gasteiger partial charge in [-0.15, -0.1) is 0 Å². The van der Waals surface area contributed by atoms with Crippen LogP contribution in [-0.4, -0.2) is 331 Å². The molecule has 0 amide bonds. The second-order valence-electron chi connectivity index (χ2n) is 17.8. The summed E-state index contributed by atoms with van der Waals surface area (Å²) in [5.74, 6) is 0.903. The summed E-state index contributed by atoms with van der Waals surface area (Å²) in [4.78, 5) is 34.7. The van der Waals surface area contributed by atoms with Crippen LogP contribution >= 0.6 is 0 Å². The van der Waals surface area contributed by atoms with E-state index in [2.05, 4.69) is 50.1 Å². The van der Waals surface area contributed by atoms with Crippen LogP contribution in [0.1, 0.15) is 0 Å². The van der Waals surface area contributed by atoms with E-state index in [0.717, 1.165) is 0 Å². The van der Waals surface area contributed by atoms with Crippen molar-refractivity contribution in [1.29, 1.82) is 0 Å². The lowest BCUT2D eigenvalue weighted by molar-refractivity contribution is -0.00160. The Kier molecular flexibility index (Phi) is 64.1. The first-order chi connectivity index (χ1) is 45.1. The van der Waals surface area contributed by atoms with Crippen LogP contribution in [0.2, 0.25) is 0 Å². The van der Waals surface area contributed by atoms with E-state index in [9.17, 15) is 0 Å². The number of hydrogen-bond acceptors (Lipinski definition) is 30. The van der Waals surface area contributed by atoms with Crippen LogP contribution in [0.4, 0.5) is 17.8 Å². The van der Waals surface area contributed by atoms with Crippen LogP contribution < -0.4 is 20.4 Å². The molecular weight excluding hydrogens is 1210 g/mol. The van der Waals surface area contributed by atoms with Crippen molar-refractivity contribution in [2.24, 2.45) is 31.3 Å². The van der Waals surface area contributed by atoms with Gasteiger partial charge in [0.25, 0.3) is 0 Å². The Bertz CT molecular complexity index is 1980. The van der Waals surface area contributed by atoms with Gasteiger partial charge in [-0.05, 0) is 27.7 Å². The van der Waals surface area contributed by atoms with Gasteiger partial charge in [0.15, 0.2) is 0 Å². The number of nitrogens with zero attached hydrogens (tertiary/aromatic N) is 21. The Hall–Kier alpha value is -5.80. The normalized spacial score (nSPS) is 11.0. The summed E-state index contributed by atoms with van der Waals surface area (Å²) in [6.45, 7) is 14.9. The summed E-state index contributed by atoms with van der Waals surface area (Å²) in [5.41, 5.74) is 48.3. The van der Waals surface area contributed by atoms with Crippen molar-refractivity contribution in [3.05, 3.63) is 52.2 Å². The molecule has 0 bridgehead atoms. The van der Waals surface area contributed by atoms with Gasteiger partial charge in [-0.2, -0.15) is 15.0 Å². The average molecular weight is 1310 g/mol. The zero-order valence-corrected chi connectivity index (χ0v) is 52.8. The van der Waals surface area contributed by atoms with E-state index in [1.165, 1.54) is 0 Å². The standard InChI is InChI=1S/C51H98N22O18/c52-1-13-74-25-33-84-41-45-88-37-29-80-21-9-72(10-22-81-30-38-89-46-42-85-34-26-77-16-4-60-68-55)50-63-49(71(7-19-75-14-2-58-66-53)8-20-76-15-3-59-67-54)64-51(65-50)73(11-23-82-31-39-90-47-43-86-35-27-78-17-5-61-69-56)12-24-83-32-40-91-48-44-87-36-28-79-18-6-62-70-57/h1-48,52H2. The molecule has 520 valence electrons. The Morgan fingerprint density at radius 3 is 0.538 bits per heavy atom. The third-order valence-electron chi connectivity index (χ3n) is 11.2. The Balaban J connectivity index is 3.44. The van der Waals surface area contributed by atoms with Crippen molar-refractivity contribution in [2.45, 2.75) is 0 Å². The zero-order chi connectivity index (χ0) is 65.3. The fourth-order valence-electron chi connectivity index (χ4n) is 6.84. The molecule has 0 spiro atoms. The van der Waals surface area contributed by atoms with Crippen LogP contribution in [-0.2, 0) is 85.3 Å². The SMILES string of the molecule is [N-]=[N+]=NCCOCCOCCOCCOCCN(CCOCCOCCOCCOCCN)c1nc(N(CCOCCN=[N+]=[N-])CCOCCN=[N+]=[N-])nc(N(CCOCCOCCOCCOCCN=[N+]=[N-])CCOCCOCCOCCOCCN=[N+]=[N-])n1. The van der Waals surface area contributed by atoms with Crippen molar-refractivity contribution in [3.8, 4) is 0 Å². The van der Waals surface area contributed by atoms with Crippen LogP contribution in [0.25, 0.3) is 52.2 Å². The molecule has 40 nitrogen and oxygen atoms in total. The summed E-state index contributed by atoms with van der Waals surface area (Å²) in [7, 11) is 0. The molecule has 91 heavy (non-hydrogen) atoms. The summed E-state index contributed by atoms with van der Waals surface area (Å²) < 4.78 is 103. The average Bonchev–Trinajstić information content (AvgIpc) is 1.49. The van der Waals surface area contributed by atoms with Gasteiger partial charge < -0.3 is 106 Å². The molecule has 0 saturated carbocycles. The highest BCUT2D eigenvalue weighted by atomic mass is 16.6. The second kappa shape index (κ2) is 70.1. The Labute approximate surface area is 531 Å². The number of nitrogens with two attached hydrogens (primary N) is 1. The summed E-state index contributed by atoms with van der Waals surface area (Å²) >= 11 is 0. The van der Waals surface area contributed by atoms with E-state index < -0.39 is 0 Å². The molecule has 0 aliphatic rings. The number of ether oxygens (including phenoxy) is 18. The maximum absolute atomic E-state index is 8.84. The van der Waals surface area contributed by atoms with E-state index in [4.69, 9.17) is 134 Å². The Morgan fingerprint density at radius 1 is 0.231 bits per heavy atom. The highest BCUT2D eigenvalue weighted by molar-refractivity contribution is 5.47. The van der Waals surface area contributed by atoms with Crippen molar-refractivity contribution < 1.29 is 85.3 Å². The fraction of sp³-hybridized carbons (Fsp3) is 0.941. The predicted molar refractivity (Wildman–Crippen MR) is 330 cm³/mol. The van der Waals surface area contributed by atoms with E-state index in [0.29, 0.717) is 216 Å². The van der Waals surface area contributed by atoms with Gasteiger partial charge in [0.05, 0.1) is 238 Å². The van der Waals surface area contributed by atoms with E-state index in [-0.39, 0.29) is 118 Å². The third-order valence-corrected chi connectivity index (χ3v) is 11.2. The monoisotopic (exact) mass is 1310 g/mol. The van der Waals surface area contributed by atoms with Crippen LogP contribution in [0.5, 0.6) is 0 Å². The number of anilines is 3.